The molecule has 3 unspecified atom stereocenters. The summed E-state index contributed by atoms with van der Waals surface area (Å²) in [5.41, 5.74) is -1.45. The average molecular weight is 231 g/mol. The van der Waals surface area contributed by atoms with Gasteiger partial charge >= 0.3 is 0 Å². The molecule has 0 aromatic heterocycles. The van der Waals surface area contributed by atoms with Crippen molar-refractivity contribution in [1.82, 2.24) is 4.90 Å². The number of methoxy groups -OCH3 is 1. The highest BCUT2D eigenvalue weighted by molar-refractivity contribution is 5.84. The second-order valence-corrected chi connectivity index (χ2v) is 4.67. The average Bonchev–Trinajstić information content (AvgIpc) is 2.14. The molecule has 1 aliphatic rings. The van der Waals surface area contributed by atoms with E-state index < -0.39 is 5.60 Å². The maximum Gasteiger partial charge on any atom is 0.256 e. The van der Waals surface area contributed by atoms with Crippen molar-refractivity contribution < 1.29 is 19.4 Å². The molecule has 1 fully saturated rings. The van der Waals surface area contributed by atoms with Crippen LogP contribution in [0.3, 0.4) is 0 Å². The summed E-state index contributed by atoms with van der Waals surface area (Å²) in [5.74, 6) is -0.295. The van der Waals surface area contributed by atoms with Gasteiger partial charge in [-0.1, -0.05) is 0 Å². The summed E-state index contributed by atoms with van der Waals surface area (Å²) in [6.45, 7) is 6.35. The minimum atomic E-state index is -1.45. The second-order valence-electron chi connectivity index (χ2n) is 4.67. The molecule has 0 bridgehead atoms. The Balaban J connectivity index is 2.65. The molecule has 1 saturated heterocycles. The van der Waals surface area contributed by atoms with Crippen molar-refractivity contribution in [3.63, 3.8) is 0 Å². The van der Waals surface area contributed by atoms with E-state index in [2.05, 4.69) is 0 Å². The molecule has 0 saturated carbocycles. The van der Waals surface area contributed by atoms with Crippen molar-refractivity contribution in [3.8, 4) is 0 Å². The fourth-order valence-electron chi connectivity index (χ4n) is 2.03. The van der Waals surface area contributed by atoms with Gasteiger partial charge in [0.1, 0.15) is 0 Å². The van der Waals surface area contributed by atoms with Gasteiger partial charge in [0.25, 0.3) is 5.91 Å². The lowest BCUT2D eigenvalue weighted by atomic mass is 10.1. The number of aliphatic hydroxyl groups is 1. The van der Waals surface area contributed by atoms with E-state index in [0.717, 1.165) is 0 Å². The SMILES string of the molecule is COCC(C)(O)C(=O)N1CC(C)OC(C)C1. The first-order valence-electron chi connectivity index (χ1n) is 5.53. The van der Waals surface area contributed by atoms with E-state index in [1.165, 1.54) is 14.0 Å². The van der Waals surface area contributed by atoms with Crippen LogP contribution in [0.15, 0.2) is 0 Å². The third-order valence-corrected chi connectivity index (χ3v) is 2.59. The zero-order valence-corrected chi connectivity index (χ0v) is 10.4. The molecule has 1 rings (SSSR count). The van der Waals surface area contributed by atoms with Crippen molar-refractivity contribution in [3.05, 3.63) is 0 Å². The van der Waals surface area contributed by atoms with Gasteiger partial charge in [0, 0.05) is 20.2 Å². The first-order chi connectivity index (χ1) is 7.36. The Morgan fingerprint density at radius 1 is 1.50 bits per heavy atom. The number of hydrogen-bond donors (Lipinski definition) is 1. The quantitative estimate of drug-likeness (QED) is 0.744. The van der Waals surface area contributed by atoms with Gasteiger partial charge < -0.3 is 19.5 Å². The van der Waals surface area contributed by atoms with Gasteiger partial charge in [-0.15, -0.1) is 0 Å². The molecule has 0 aromatic rings. The largest absolute Gasteiger partial charge is 0.381 e. The topological polar surface area (TPSA) is 59.0 Å². The van der Waals surface area contributed by atoms with Crippen LogP contribution in [0.25, 0.3) is 0 Å². The second kappa shape index (κ2) is 5.12. The van der Waals surface area contributed by atoms with Crippen LogP contribution in [0.2, 0.25) is 0 Å². The molecule has 5 heteroatoms. The summed E-state index contributed by atoms with van der Waals surface area (Å²) in [7, 11) is 1.46. The lowest BCUT2D eigenvalue weighted by molar-refractivity contribution is -0.165. The number of hydrogen-bond acceptors (Lipinski definition) is 4. The predicted octanol–water partition coefficient (Wildman–Crippen LogP) is 0.0196. The summed E-state index contributed by atoms with van der Waals surface area (Å²) < 4.78 is 10.4. The first kappa shape index (κ1) is 13.4. The summed E-state index contributed by atoms with van der Waals surface area (Å²) in [6, 6.07) is 0. The molecule has 16 heavy (non-hydrogen) atoms. The molecule has 3 atom stereocenters. The third-order valence-electron chi connectivity index (χ3n) is 2.59. The summed E-state index contributed by atoms with van der Waals surface area (Å²) in [5, 5.41) is 9.95. The minimum Gasteiger partial charge on any atom is -0.381 e. The fraction of sp³-hybridized carbons (Fsp3) is 0.909. The number of morpholine rings is 1. The molecule has 1 N–H and O–H groups in total. The molecule has 0 radical (unpaired) electrons. The zero-order valence-electron chi connectivity index (χ0n) is 10.4. The Hall–Kier alpha value is -0.650. The normalized spacial score (nSPS) is 29.9. The Morgan fingerprint density at radius 2 is 2.00 bits per heavy atom. The molecule has 1 heterocycles. The van der Waals surface area contributed by atoms with Crippen LogP contribution >= 0.6 is 0 Å². The number of ether oxygens (including phenoxy) is 2. The van der Waals surface area contributed by atoms with Crippen molar-refractivity contribution >= 4 is 5.91 Å². The Bertz CT molecular complexity index is 244. The highest BCUT2D eigenvalue weighted by Crippen LogP contribution is 2.16. The smallest absolute Gasteiger partial charge is 0.256 e. The van der Waals surface area contributed by atoms with Gasteiger partial charge in [0.2, 0.25) is 0 Å². The Labute approximate surface area is 96.3 Å². The highest BCUT2D eigenvalue weighted by atomic mass is 16.5. The molecule has 0 spiro atoms. The maximum atomic E-state index is 12.0. The number of carbonyl (C=O) groups is 1. The zero-order chi connectivity index (χ0) is 12.3. The van der Waals surface area contributed by atoms with Gasteiger partial charge in [-0.25, -0.2) is 0 Å². The molecular weight excluding hydrogens is 210 g/mol. The lowest BCUT2D eigenvalue weighted by Gasteiger charge is -2.38. The molecule has 1 amide bonds. The van der Waals surface area contributed by atoms with Crippen LogP contribution in [0.5, 0.6) is 0 Å². The molecule has 1 aliphatic heterocycles. The minimum absolute atomic E-state index is 0.00560. The standard InChI is InChI=1S/C11H21NO4/c1-8-5-12(6-9(2)16-8)10(13)11(3,14)7-15-4/h8-9,14H,5-7H2,1-4H3. The van der Waals surface area contributed by atoms with Crippen molar-refractivity contribution in [2.45, 2.75) is 38.6 Å². The van der Waals surface area contributed by atoms with Gasteiger partial charge in [0.15, 0.2) is 5.60 Å². The monoisotopic (exact) mass is 231 g/mol. The van der Waals surface area contributed by atoms with E-state index in [-0.39, 0.29) is 24.7 Å². The first-order valence-corrected chi connectivity index (χ1v) is 5.53. The van der Waals surface area contributed by atoms with E-state index in [4.69, 9.17) is 9.47 Å². The Kier molecular flexibility index (Phi) is 4.29. The van der Waals surface area contributed by atoms with Gasteiger partial charge in [-0.3, -0.25) is 4.79 Å². The third kappa shape index (κ3) is 3.17. The van der Waals surface area contributed by atoms with Crippen molar-refractivity contribution in [2.24, 2.45) is 0 Å². The summed E-state index contributed by atoms with van der Waals surface area (Å²) in [4.78, 5) is 13.7. The van der Waals surface area contributed by atoms with Crippen LogP contribution in [0.4, 0.5) is 0 Å². The van der Waals surface area contributed by atoms with Gasteiger partial charge in [-0.2, -0.15) is 0 Å². The fourth-order valence-corrected chi connectivity index (χ4v) is 2.03. The number of nitrogens with zero attached hydrogens (tertiary/aromatic N) is 1. The van der Waals surface area contributed by atoms with E-state index in [1.54, 1.807) is 4.90 Å². The van der Waals surface area contributed by atoms with Crippen LogP contribution in [0, 0.1) is 0 Å². The van der Waals surface area contributed by atoms with E-state index in [1.807, 2.05) is 13.8 Å². The van der Waals surface area contributed by atoms with Crippen molar-refractivity contribution in [2.75, 3.05) is 26.8 Å². The molecular formula is C11H21NO4. The van der Waals surface area contributed by atoms with Crippen LogP contribution < -0.4 is 0 Å². The van der Waals surface area contributed by atoms with E-state index in [0.29, 0.717) is 13.1 Å². The Morgan fingerprint density at radius 3 is 2.44 bits per heavy atom. The highest BCUT2D eigenvalue weighted by Gasteiger charge is 2.37. The number of rotatable bonds is 3. The van der Waals surface area contributed by atoms with E-state index >= 15 is 0 Å². The van der Waals surface area contributed by atoms with Crippen molar-refractivity contribution in [1.29, 1.82) is 0 Å². The van der Waals surface area contributed by atoms with Gasteiger partial charge in [-0.05, 0) is 20.8 Å². The van der Waals surface area contributed by atoms with Gasteiger partial charge in [0.05, 0.1) is 18.8 Å². The maximum absolute atomic E-state index is 12.0. The van der Waals surface area contributed by atoms with Crippen LogP contribution in [-0.2, 0) is 14.3 Å². The molecule has 94 valence electrons. The number of carbonyl (C=O) groups excluding carboxylic acids is 1. The summed E-state index contributed by atoms with van der Waals surface area (Å²) in [6.07, 6.45) is 0.0112. The molecule has 0 aromatic carbocycles. The van der Waals surface area contributed by atoms with E-state index in [9.17, 15) is 9.90 Å². The summed E-state index contributed by atoms with van der Waals surface area (Å²) >= 11 is 0. The molecule has 5 nitrogen and oxygen atoms in total. The predicted molar refractivity (Wildman–Crippen MR) is 59.1 cm³/mol. The molecule has 0 aliphatic carbocycles. The van der Waals surface area contributed by atoms with Crippen LogP contribution in [-0.4, -0.2) is 60.5 Å². The lowest BCUT2D eigenvalue weighted by Crippen LogP contribution is -2.56. The van der Waals surface area contributed by atoms with Crippen LogP contribution in [0.1, 0.15) is 20.8 Å². The number of amides is 1.